The smallest absolute Gasteiger partial charge is 0.0483 e. The van der Waals surface area contributed by atoms with Crippen LogP contribution in [0.4, 0.5) is 0 Å². The van der Waals surface area contributed by atoms with Crippen LogP contribution >= 0.6 is 27.5 Å². The molecular weight excluding hydrogens is 273 g/mol. The zero-order valence-corrected chi connectivity index (χ0v) is 11.5. The van der Waals surface area contributed by atoms with Gasteiger partial charge in [-0.3, -0.25) is 0 Å². The third-order valence-corrected chi connectivity index (χ3v) is 3.77. The molecule has 0 aliphatic carbocycles. The molecule has 1 aromatic carbocycles. The monoisotopic (exact) mass is 289 g/mol. The fourth-order valence-electron chi connectivity index (χ4n) is 1.22. The fraction of sp³-hybridized carbons (Fsp3) is 0.500. The summed E-state index contributed by atoms with van der Waals surface area (Å²) in [6.07, 6.45) is 0. The third kappa shape index (κ3) is 4.54. The Morgan fingerprint density at radius 1 is 1.33 bits per heavy atom. The molecule has 3 heteroatoms. The van der Waals surface area contributed by atoms with Crippen molar-refractivity contribution in [3.8, 4) is 0 Å². The van der Waals surface area contributed by atoms with Gasteiger partial charge in [0.2, 0.25) is 0 Å². The number of halogens is 2. The van der Waals surface area contributed by atoms with Gasteiger partial charge < -0.3 is 5.32 Å². The van der Waals surface area contributed by atoms with Crippen LogP contribution in [-0.2, 0) is 6.54 Å². The van der Waals surface area contributed by atoms with Gasteiger partial charge in [-0.1, -0.05) is 48.0 Å². The highest BCUT2D eigenvalue weighted by atomic mass is 79.9. The van der Waals surface area contributed by atoms with Crippen LogP contribution in [-0.4, -0.2) is 11.9 Å². The Morgan fingerprint density at radius 2 is 2.00 bits per heavy atom. The van der Waals surface area contributed by atoms with E-state index in [-0.39, 0.29) is 5.38 Å². The minimum absolute atomic E-state index is 0.201. The first kappa shape index (κ1) is 13.0. The maximum atomic E-state index is 6.15. The first-order chi connectivity index (χ1) is 7.11. The lowest BCUT2D eigenvalue weighted by Crippen LogP contribution is -2.26. The van der Waals surface area contributed by atoms with E-state index in [4.69, 9.17) is 11.6 Å². The maximum Gasteiger partial charge on any atom is 0.0483 e. The van der Waals surface area contributed by atoms with Crippen molar-refractivity contribution in [1.29, 1.82) is 0 Å². The number of rotatable bonds is 5. The third-order valence-electron chi connectivity index (χ3n) is 2.34. The summed E-state index contributed by atoms with van der Waals surface area (Å²) in [5.41, 5.74) is 1.27. The molecule has 1 nitrogen and oxygen atoms in total. The van der Waals surface area contributed by atoms with E-state index in [1.807, 2.05) is 12.1 Å². The van der Waals surface area contributed by atoms with Crippen molar-refractivity contribution in [3.63, 3.8) is 0 Å². The van der Waals surface area contributed by atoms with Crippen molar-refractivity contribution in [1.82, 2.24) is 5.32 Å². The quantitative estimate of drug-likeness (QED) is 0.813. The Morgan fingerprint density at radius 3 is 2.60 bits per heavy atom. The summed E-state index contributed by atoms with van der Waals surface area (Å²) in [7, 11) is 0. The Balaban J connectivity index is 2.35. The Labute approximate surface area is 105 Å². The van der Waals surface area contributed by atoms with Crippen LogP contribution < -0.4 is 5.32 Å². The van der Waals surface area contributed by atoms with E-state index < -0.39 is 0 Å². The lowest BCUT2D eigenvalue weighted by molar-refractivity contribution is 0.545. The van der Waals surface area contributed by atoms with Crippen LogP contribution in [0, 0.1) is 5.92 Å². The van der Waals surface area contributed by atoms with Gasteiger partial charge in [-0.2, -0.15) is 0 Å². The molecule has 0 aliphatic rings. The molecule has 0 aromatic heterocycles. The number of nitrogens with one attached hydrogen (secondary N) is 1. The van der Waals surface area contributed by atoms with Gasteiger partial charge in [0.15, 0.2) is 0 Å². The van der Waals surface area contributed by atoms with E-state index in [0.29, 0.717) is 5.92 Å². The summed E-state index contributed by atoms with van der Waals surface area (Å²) in [6, 6.07) is 8.22. The highest BCUT2D eigenvalue weighted by Crippen LogP contribution is 2.15. The molecule has 1 aromatic rings. The van der Waals surface area contributed by atoms with Crippen LogP contribution in [0.1, 0.15) is 19.4 Å². The van der Waals surface area contributed by atoms with E-state index in [2.05, 4.69) is 47.2 Å². The molecule has 0 aliphatic heterocycles. The molecule has 0 bridgehead atoms. The van der Waals surface area contributed by atoms with Crippen LogP contribution in [0.15, 0.2) is 28.7 Å². The highest BCUT2D eigenvalue weighted by Gasteiger charge is 2.08. The zero-order valence-electron chi connectivity index (χ0n) is 9.13. The number of hydrogen-bond acceptors (Lipinski definition) is 1. The van der Waals surface area contributed by atoms with Crippen molar-refractivity contribution >= 4 is 27.5 Å². The second-order valence-electron chi connectivity index (χ2n) is 3.98. The van der Waals surface area contributed by atoms with Crippen LogP contribution in [0.5, 0.6) is 0 Å². The molecule has 0 amide bonds. The first-order valence-corrected chi connectivity index (χ1v) is 6.42. The maximum absolute atomic E-state index is 6.15. The lowest BCUT2D eigenvalue weighted by Gasteiger charge is -2.14. The molecule has 0 saturated heterocycles. The van der Waals surface area contributed by atoms with E-state index in [0.717, 1.165) is 17.6 Å². The van der Waals surface area contributed by atoms with E-state index in [9.17, 15) is 0 Å². The minimum Gasteiger partial charge on any atom is -0.311 e. The molecule has 1 N–H and O–H groups in total. The van der Waals surface area contributed by atoms with Gasteiger partial charge in [0.05, 0.1) is 0 Å². The highest BCUT2D eigenvalue weighted by molar-refractivity contribution is 9.10. The molecule has 0 spiro atoms. The molecule has 0 fully saturated rings. The van der Waals surface area contributed by atoms with Crippen LogP contribution in [0.3, 0.4) is 0 Å². The second-order valence-corrected chi connectivity index (χ2v) is 5.40. The average molecular weight is 291 g/mol. The second kappa shape index (κ2) is 6.51. The van der Waals surface area contributed by atoms with Crippen molar-refractivity contribution < 1.29 is 0 Å². The van der Waals surface area contributed by atoms with E-state index in [1.165, 1.54) is 5.56 Å². The largest absolute Gasteiger partial charge is 0.311 e. The molecule has 0 radical (unpaired) electrons. The average Bonchev–Trinajstić information content (AvgIpc) is 2.20. The Kier molecular flexibility index (Phi) is 5.65. The topological polar surface area (TPSA) is 12.0 Å². The molecular formula is C12H17BrClN. The molecule has 1 atom stereocenters. The number of benzene rings is 1. The SMILES string of the molecule is CC(C)C(Cl)CNCc1ccccc1Br. The summed E-state index contributed by atoms with van der Waals surface area (Å²) >= 11 is 9.67. The van der Waals surface area contributed by atoms with Crippen LogP contribution in [0.2, 0.25) is 0 Å². The molecule has 0 saturated carbocycles. The predicted molar refractivity (Wildman–Crippen MR) is 70.3 cm³/mol. The van der Waals surface area contributed by atoms with Gasteiger partial charge in [-0.15, -0.1) is 11.6 Å². The molecule has 1 rings (SSSR count). The summed E-state index contributed by atoms with van der Waals surface area (Å²) in [4.78, 5) is 0. The molecule has 84 valence electrons. The summed E-state index contributed by atoms with van der Waals surface area (Å²) in [5.74, 6) is 0.512. The van der Waals surface area contributed by atoms with E-state index in [1.54, 1.807) is 0 Å². The zero-order chi connectivity index (χ0) is 11.3. The Bertz CT molecular complexity index is 301. The van der Waals surface area contributed by atoms with E-state index >= 15 is 0 Å². The minimum atomic E-state index is 0.201. The lowest BCUT2D eigenvalue weighted by atomic mass is 10.1. The summed E-state index contributed by atoms with van der Waals surface area (Å²) in [6.45, 7) is 5.98. The van der Waals surface area contributed by atoms with Gasteiger partial charge >= 0.3 is 0 Å². The normalized spacial score (nSPS) is 13.1. The van der Waals surface area contributed by atoms with Gasteiger partial charge in [0.25, 0.3) is 0 Å². The molecule has 0 heterocycles. The standard InChI is InChI=1S/C12H17BrClN/c1-9(2)12(14)8-15-7-10-5-3-4-6-11(10)13/h3-6,9,12,15H,7-8H2,1-2H3. The Hall–Kier alpha value is -0.0500. The van der Waals surface area contributed by atoms with Gasteiger partial charge in [0, 0.05) is 22.9 Å². The van der Waals surface area contributed by atoms with Crippen molar-refractivity contribution in [2.24, 2.45) is 5.92 Å². The fourth-order valence-corrected chi connectivity index (χ4v) is 1.76. The predicted octanol–water partition coefficient (Wildman–Crippen LogP) is 3.80. The van der Waals surface area contributed by atoms with Crippen molar-refractivity contribution in [3.05, 3.63) is 34.3 Å². The summed E-state index contributed by atoms with van der Waals surface area (Å²) < 4.78 is 1.15. The summed E-state index contributed by atoms with van der Waals surface area (Å²) in [5, 5.41) is 3.56. The number of alkyl halides is 1. The van der Waals surface area contributed by atoms with Crippen molar-refractivity contribution in [2.45, 2.75) is 25.8 Å². The van der Waals surface area contributed by atoms with Crippen LogP contribution in [0.25, 0.3) is 0 Å². The van der Waals surface area contributed by atoms with Gasteiger partial charge in [0.1, 0.15) is 0 Å². The van der Waals surface area contributed by atoms with Gasteiger partial charge in [-0.25, -0.2) is 0 Å². The van der Waals surface area contributed by atoms with Gasteiger partial charge in [-0.05, 0) is 17.5 Å². The first-order valence-electron chi connectivity index (χ1n) is 5.19. The molecule has 15 heavy (non-hydrogen) atoms. The molecule has 1 unspecified atom stereocenters. The number of hydrogen-bond donors (Lipinski definition) is 1. The van der Waals surface area contributed by atoms with Crippen molar-refractivity contribution in [2.75, 3.05) is 6.54 Å².